The van der Waals surface area contributed by atoms with Gasteiger partial charge in [0.1, 0.15) is 0 Å². The van der Waals surface area contributed by atoms with E-state index in [1.54, 1.807) is 30.3 Å². The van der Waals surface area contributed by atoms with Crippen molar-refractivity contribution in [1.82, 2.24) is 25.1 Å². The zero-order chi connectivity index (χ0) is 26.8. The molecule has 0 aliphatic carbocycles. The normalized spacial score (nSPS) is 14.5. The van der Waals surface area contributed by atoms with E-state index in [1.165, 1.54) is 16.8 Å². The smallest absolute Gasteiger partial charge is 0.268 e. The number of para-hydroxylation sites is 1. The Morgan fingerprint density at radius 2 is 1.82 bits per heavy atom. The van der Waals surface area contributed by atoms with E-state index in [0.29, 0.717) is 36.9 Å². The molecule has 1 saturated heterocycles. The number of thioether (sulfide) groups is 1. The number of benzene rings is 3. The van der Waals surface area contributed by atoms with Crippen LogP contribution >= 0.6 is 46.7 Å². The highest BCUT2D eigenvalue weighted by Gasteiger charge is 2.35. The Bertz CT molecular complexity index is 1610. The van der Waals surface area contributed by atoms with Crippen LogP contribution in [0.5, 0.6) is 0 Å². The first-order valence-corrected chi connectivity index (χ1v) is 13.2. The zero-order valence-corrected chi connectivity index (χ0v) is 22.2. The molecule has 38 heavy (non-hydrogen) atoms. The zero-order valence-electron chi connectivity index (χ0n) is 19.0. The van der Waals surface area contributed by atoms with Gasteiger partial charge in [0.2, 0.25) is 5.16 Å². The Labute approximate surface area is 233 Å². The van der Waals surface area contributed by atoms with Gasteiger partial charge in [-0.15, -0.1) is 5.10 Å². The standard InChI is InChI=1S/C24H14Cl2N6O4S2/c25-17-8-6-15(10-18(17)26)13-30-22(33)21(38-24(30)34)12-14-7-9-20(19(11-14)32(35)36)37-23-27-28-29-31(23)16-4-2-1-3-5-16/h1-12H,13H2/b21-12-. The molecule has 0 atom stereocenters. The number of aromatic nitrogens is 4. The first kappa shape index (κ1) is 25.9. The van der Waals surface area contributed by atoms with Crippen molar-refractivity contribution in [2.45, 2.75) is 16.6 Å². The lowest BCUT2D eigenvalue weighted by Crippen LogP contribution is -2.27. The average Bonchev–Trinajstić information content (AvgIpc) is 3.47. The molecule has 0 radical (unpaired) electrons. The quantitative estimate of drug-likeness (QED) is 0.140. The maximum Gasteiger partial charge on any atom is 0.293 e. The van der Waals surface area contributed by atoms with Crippen molar-refractivity contribution in [2.24, 2.45) is 0 Å². The molecule has 1 aliphatic heterocycles. The van der Waals surface area contributed by atoms with E-state index in [9.17, 15) is 19.7 Å². The second-order valence-corrected chi connectivity index (χ2v) is 10.6. The summed E-state index contributed by atoms with van der Waals surface area (Å²) in [7, 11) is 0. The molecule has 2 amide bonds. The van der Waals surface area contributed by atoms with E-state index in [0.717, 1.165) is 28.4 Å². The van der Waals surface area contributed by atoms with Gasteiger partial charge in [-0.25, -0.2) is 0 Å². The van der Waals surface area contributed by atoms with Crippen LogP contribution in [-0.2, 0) is 11.3 Å². The number of nitrogens with zero attached hydrogens (tertiary/aromatic N) is 6. The van der Waals surface area contributed by atoms with Crippen molar-refractivity contribution in [3.8, 4) is 5.69 Å². The summed E-state index contributed by atoms with van der Waals surface area (Å²) < 4.78 is 1.48. The van der Waals surface area contributed by atoms with Crippen LogP contribution in [0.4, 0.5) is 10.5 Å². The van der Waals surface area contributed by atoms with Crippen LogP contribution in [0.25, 0.3) is 11.8 Å². The van der Waals surface area contributed by atoms with Crippen molar-refractivity contribution >= 4 is 69.6 Å². The molecule has 0 saturated carbocycles. The summed E-state index contributed by atoms with van der Waals surface area (Å²) in [6, 6.07) is 18.5. The summed E-state index contributed by atoms with van der Waals surface area (Å²) in [5.41, 5.74) is 1.54. The number of hydrogen-bond donors (Lipinski definition) is 0. The number of halogens is 2. The molecule has 1 aromatic heterocycles. The molecule has 1 fully saturated rings. The minimum Gasteiger partial charge on any atom is -0.268 e. The van der Waals surface area contributed by atoms with Gasteiger partial charge in [-0.05, 0) is 81.5 Å². The lowest BCUT2D eigenvalue weighted by molar-refractivity contribution is -0.387. The molecule has 3 aromatic carbocycles. The SMILES string of the molecule is O=C1S/C(=C\c2ccc(Sc3nnnn3-c3ccccc3)c([N+](=O)[O-])c2)C(=O)N1Cc1ccc(Cl)c(Cl)c1. The fourth-order valence-electron chi connectivity index (χ4n) is 3.53. The number of carbonyl (C=O) groups is 2. The second kappa shape index (κ2) is 11.0. The summed E-state index contributed by atoms with van der Waals surface area (Å²) in [5, 5.41) is 24.1. The lowest BCUT2D eigenvalue weighted by atomic mass is 10.1. The van der Waals surface area contributed by atoms with E-state index >= 15 is 0 Å². The van der Waals surface area contributed by atoms with Crippen LogP contribution in [0, 0.1) is 10.1 Å². The highest BCUT2D eigenvalue weighted by Crippen LogP contribution is 2.38. The number of nitro groups is 1. The van der Waals surface area contributed by atoms with Crippen LogP contribution in [0.2, 0.25) is 10.0 Å². The van der Waals surface area contributed by atoms with Gasteiger partial charge in [-0.3, -0.25) is 24.6 Å². The van der Waals surface area contributed by atoms with Crippen molar-refractivity contribution < 1.29 is 14.5 Å². The van der Waals surface area contributed by atoms with Gasteiger partial charge in [0.25, 0.3) is 16.8 Å². The summed E-state index contributed by atoms with van der Waals surface area (Å²) in [6.07, 6.45) is 1.45. The topological polar surface area (TPSA) is 124 Å². The molecule has 1 aliphatic rings. The van der Waals surface area contributed by atoms with E-state index < -0.39 is 16.1 Å². The minimum atomic E-state index is -0.521. The molecule has 0 spiro atoms. The van der Waals surface area contributed by atoms with Gasteiger partial charge >= 0.3 is 0 Å². The summed E-state index contributed by atoms with van der Waals surface area (Å²) in [4.78, 5) is 38.4. The molecular formula is C24H14Cl2N6O4S2. The number of tetrazole rings is 1. The highest BCUT2D eigenvalue weighted by molar-refractivity contribution is 8.18. The van der Waals surface area contributed by atoms with Crippen LogP contribution in [0.3, 0.4) is 0 Å². The molecule has 0 bridgehead atoms. The molecule has 0 N–H and O–H groups in total. The highest BCUT2D eigenvalue weighted by atomic mass is 35.5. The fraction of sp³-hybridized carbons (Fsp3) is 0.0417. The predicted octanol–water partition coefficient (Wildman–Crippen LogP) is 6.27. The molecule has 190 valence electrons. The molecule has 0 unspecified atom stereocenters. The Hall–Kier alpha value is -3.71. The van der Waals surface area contributed by atoms with Gasteiger partial charge in [0.05, 0.1) is 37.0 Å². The van der Waals surface area contributed by atoms with Gasteiger partial charge in [0, 0.05) is 6.07 Å². The summed E-state index contributed by atoms with van der Waals surface area (Å²) in [6.45, 7) is 0.0186. The maximum atomic E-state index is 12.9. The van der Waals surface area contributed by atoms with Crippen molar-refractivity contribution in [3.05, 3.63) is 103 Å². The first-order chi connectivity index (χ1) is 18.3. The third-order valence-electron chi connectivity index (χ3n) is 5.32. The van der Waals surface area contributed by atoms with E-state index in [2.05, 4.69) is 15.5 Å². The summed E-state index contributed by atoms with van der Waals surface area (Å²) in [5.74, 6) is -0.505. The van der Waals surface area contributed by atoms with Crippen molar-refractivity contribution in [3.63, 3.8) is 0 Å². The Morgan fingerprint density at radius 3 is 2.55 bits per heavy atom. The van der Waals surface area contributed by atoms with Crippen LogP contribution in [0.1, 0.15) is 11.1 Å². The van der Waals surface area contributed by atoms with Crippen molar-refractivity contribution in [2.75, 3.05) is 0 Å². The van der Waals surface area contributed by atoms with Crippen molar-refractivity contribution in [1.29, 1.82) is 0 Å². The molecule has 4 aromatic rings. The second-order valence-electron chi connectivity index (χ2n) is 7.81. The predicted molar refractivity (Wildman–Crippen MR) is 144 cm³/mol. The monoisotopic (exact) mass is 584 g/mol. The molecule has 14 heteroatoms. The fourth-order valence-corrected chi connectivity index (χ4v) is 5.57. The minimum absolute atomic E-state index is 0.0186. The molecule has 10 nitrogen and oxygen atoms in total. The Kier molecular flexibility index (Phi) is 7.47. The number of rotatable bonds is 7. The number of carbonyl (C=O) groups excluding carboxylic acids is 2. The molecule has 2 heterocycles. The van der Waals surface area contributed by atoms with Crippen LogP contribution in [-0.4, -0.2) is 41.2 Å². The van der Waals surface area contributed by atoms with E-state index in [1.807, 2.05) is 30.3 Å². The van der Waals surface area contributed by atoms with Gasteiger partial charge in [0.15, 0.2) is 0 Å². The summed E-state index contributed by atoms with van der Waals surface area (Å²) >= 11 is 13.8. The third kappa shape index (κ3) is 5.43. The van der Waals surface area contributed by atoms with E-state index in [4.69, 9.17) is 23.2 Å². The van der Waals surface area contributed by atoms with Crippen LogP contribution < -0.4 is 0 Å². The van der Waals surface area contributed by atoms with Gasteiger partial charge < -0.3 is 0 Å². The largest absolute Gasteiger partial charge is 0.293 e. The third-order valence-corrected chi connectivity index (χ3v) is 7.97. The van der Waals surface area contributed by atoms with Gasteiger partial charge in [-0.1, -0.05) is 53.5 Å². The number of amides is 2. The van der Waals surface area contributed by atoms with E-state index in [-0.39, 0.29) is 17.1 Å². The Morgan fingerprint density at radius 1 is 1.03 bits per heavy atom. The molecular weight excluding hydrogens is 571 g/mol. The van der Waals surface area contributed by atoms with Crippen LogP contribution in [0.15, 0.2) is 81.7 Å². The van der Waals surface area contributed by atoms with Gasteiger partial charge in [-0.2, -0.15) is 4.68 Å². The first-order valence-electron chi connectivity index (χ1n) is 10.8. The lowest BCUT2D eigenvalue weighted by Gasteiger charge is -2.12. The number of nitro benzene ring substituents is 1. The maximum absolute atomic E-state index is 12.9. The number of imide groups is 1. The Balaban J connectivity index is 1.39. The average molecular weight is 585 g/mol. The molecule has 5 rings (SSSR count). The number of hydrogen-bond acceptors (Lipinski definition) is 9.